The van der Waals surface area contributed by atoms with Crippen molar-refractivity contribution in [1.29, 1.82) is 0 Å². The predicted molar refractivity (Wildman–Crippen MR) is 81.3 cm³/mol. The lowest BCUT2D eigenvalue weighted by molar-refractivity contribution is -0.137. The van der Waals surface area contributed by atoms with E-state index in [1.165, 1.54) is 0 Å². The van der Waals surface area contributed by atoms with Gasteiger partial charge in [0.05, 0.1) is 13.5 Å². The zero-order chi connectivity index (χ0) is 15.1. The van der Waals surface area contributed by atoms with Crippen LogP contribution in [0.1, 0.15) is 23.6 Å². The van der Waals surface area contributed by atoms with Gasteiger partial charge < -0.3 is 15.2 Å². The number of hydrogen-bond acceptors (Lipinski definition) is 3. The zero-order valence-electron chi connectivity index (χ0n) is 12.0. The molecular formula is C17H19NO3. The molecule has 0 aliphatic carbocycles. The van der Waals surface area contributed by atoms with Gasteiger partial charge in [-0.2, -0.15) is 0 Å². The lowest BCUT2D eigenvalue weighted by Gasteiger charge is -2.17. The van der Waals surface area contributed by atoms with E-state index in [-0.39, 0.29) is 12.5 Å². The third kappa shape index (κ3) is 4.61. The number of ether oxygens (including phenoxy) is 1. The Labute approximate surface area is 124 Å². The van der Waals surface area contributed by atoms with Crippen molar-refractivity contribution in [1.82, 2.24) is 5.32 Å². The number of nitrogens with one attached hydrogen (secondary N) is 1. The number of carboxylic acids is 1. The lowest BCUT2D eigenvalue weighted by atomic mass is 10.0. The quantitative estimate of drug-likeness (QED) is 0.821. The predicted octanol–water partition coefficient (Wildman–Crippen LogP) is 3.00. The van der Waals surface area contributed by atoms with Gasteiger partial charge in [0.2, 0.25) is 0 Å². The average molecular weight is 285 g/mol. The molecule has 0 heterocycles. The van der Waals surface area contributed by atoms with Crippen molar-refractivity contribution in [2.45, 2.75) is 19.0 Å². The second kappa shape index (κ2) is 7.45. The molecule has 4 nitrogen and oxygen atoms in total. The van der Waals surface area contributed by atoms with Crippen molar-refractivity contribution in [3.8, 4) is 5.75 Å². The fourth-order valence-corrected chi connectivity index (χ4v) is 2.15. The monoisotopic (exact) mass is 285 g/mol. The van der Waals surface area contributed by atoms with Crippen LogP contribution in [0.4, 0.5) is 0 Å². The van der Waals surface area contributed by atoms with E-state index in [0.29, 0.717) is 6.54 Å². The van der Waals surface area contributed by atoms with Gasteiger partial charge >= 0.3 is 5.97 Å². The molecule has 0 saturated heterocycles. The minimum atomic E-state index is -0.814. The summed E-state index contributed by atoms with van der Waals surface area (Å²) in [6.07, 6.45) is 0.0557. The van der Waals surface area contributed by atoms with Gasteiger partial charge in [0, 0.05) is 12.6 Å². The Balaban J connectivity index is 2.03. The van der Waals surface area contributed by atoms with Crippen LogP contribution in [0.25, 0.3) is 0 Å². The topological polar surface area (TPSA) is 58.6 Å². The molecule has 4 heteroatoms. The molecule has 0 fully saturated rings. The smallest absolute Gasteiger partial charge is 0.305 e. The highest BCUT2D eigenvalue weighted by atomic mass is 16.5. The van der Waals surface area contributed by atoms with E-state index in [2.05, 4.69) is 5.32 Å². The molecule has 2 aromatic rings. The van der Waals surface area contributed by atoms with Crippen LogP contribution in [0.5, 0.6) is 5.75 Å². The van der Waals surface area contributed by atoms with E-state index in [4.69, 9.17) is 9.84 Å². The van der Waals surface area contributed by atoms with Crippen molar-refractivity contribution in [3.63, 3.8) is 0 Å². The number of benzene rings is 2. The first-order valence-corrected chi connectivity index (χ1v) is 6.82. The van der Waals surface area contributed by atoms with E-state index in [9.17, 15) is 4.79 Å². The third-order valence-corrected chi connectivity index (χ3v) is 3.29. The van der Waals surface area contributed by atoms with Crippen LogP contribution in [-0.2, 0) is 11.3 Å². The highest BCUT2D eigenvalue weighted by Crippen LogP contribution is 2.18. The minimum Gasteiger partial charge on any atom is -0.497 e. The molecule has 0 spiro atoms. The standard InChI is InChI=1S/C17H19NO3/c1-21-15-9-7-13(8-10-15)12-18-16(11-17(19)20)14-5-3-2-4-6-14/h2-10,16,18H,11-12H2,1H3,(H,19,20)/t16-/m0/s1. The van der Waals surface area contributed by atoms with E-state index in [1.807, 2.05) is 54.6 Å². The van der Waals surface area contributed by atoms with Gasteiger partial charge in [-0.05, 0) is 23.3 Å². The SMILES string of the molecule is COc1ccc(CN[C@@H](CC(=O)O)c2ccccc2)cc1. The molecule has 0 unspecified atom stereocenters. The summed E-state index contributed by atoms with van der Waals surface area (Å²) in [5.41, 5.74) is 2.07. The van der Waals surface area contributed by atoms with Gasteiger partial charge in [0.1, 0.15) is 5.75 Å². The molecular weight excluding hydrogens is 266 g/mol. The molecule has 2 aromatic carbocycles. The maximum absolute atomic E-state index is 11.0. The first-order valence-electron chi connectivity index (χ1n) is 6.82. The van der Waals surface area contributed by atoms with Crippen molar-refractivity contribution in [3.05, 3.63) is 65.7 Å². The van der Waals surface area contributed by atoms with Crippen LogP contribution >= 0.6 is 0 Å². The summed E-state index contributed by atoms with van der Waals surface area (Å²) in [7, 11) is 1.63. The highest BCUT2D eigenvalue weighted by Gasteiger charge is 2.14. The van der Waals surface area contributed by atoms with Gasteiger partial charge in [-0.1, -0.05) is 42.5 Å². The highest BCUT2D eigenvalue weighted by molar-refractivity contribution is 5.67. The molecule has 0 aliphatic rings. The van der Waals surface area contributed by atoms with E-state index in [1.54, 1.807) is 7.11 Å². The molecule has 0 aromatic heterocycles. The maximum Gasteiger partial charge on any atom is 0.305 e. The molecule has 21 heavy (non-hydrogen) atoms. The van der Waals surface area contributed by atoms with Crippen molar-refractivity contribution in [2.24, 2.45) is 0 Å². The summed E-state index contributed by atoms with van der Waals surface area (Å²) in [4.78, 5) is 11.0. The van der Waals surface area contributed by atoms with Gasteiger partial charge in [-0.15, -0.1) is 0 Å². The minimum absolute atomic E-state index is 0.0557. The maximum atomic E-state index is 11.0. The molecule has 0 saturated carbocycles. The Bertz CT molecular complexity index is 566. The fourth-order valence-electron chi connectivity index (χ4n) is 2.15. The second-order valence-corrected chi connectivity index (χ2v) is 4.79. The van der Waals surface area contributed by atoms with Crippen molar-refractivity contribution >= 4 is 5.97 Å². The van der Waals surface area contributed by atoms with Gasteiger partial charge in [-0.25, -0.2) is 0 Å². The Morgan fingerprint density at radius 2 is 1.81 bits per heavy atom. The van der Waals surface area contributed by atoms with Crippen LogP contribution in [0, 0.1) is 0 Å². The summed E-state index contributed by atoms with van der Waals surface area (Å²) >= 11 is 0. The molecule has 2 rings (SSSR count). The first-order chi connectivity index (χ1) is 10.2. The number of methoxy groups -OCH3 is 1. The lowest BCUT2D eigenvalue weighted by Crippen LogP contribution is -2.23. The number of carbonyl (C=O) groups is 1. The van der Waals surface area contributed by atoms with Crippen molar-refractivity contribution in [2.75, 3.05) is 7.11 Å². The number of carboxylic acid groups (broad SMARTS) is 1. The summed E-state index contributed by atoms with van der Waals surface area (Å²) in [5.74, 6) is -0.00465. The van der Waals surface area contributed by atoms with Crippen LogP contribution in [0.15, 0.2) is 54.6 Å². The molecule has 110 valence electrons. The van der Waals surface area contributed by atoms with Crippen LogP contribution in [-0.4, -0.2) is 18.2 Å². The second-order valence-electron chi connectivity index (χ2n) is 4.79. The van der Waals surface area contributed by atoms with Crippen molar-refractivity contribution < 1.29 is 14.6 Å². The molecule has 1 atom stereocenters. The van der Waals surface area contributed by atoms with E-state index >= 15 is 0 Å². The third-order valence-electron chi connectivity index (χ3n) is 3.29. The average Bonchev–Trinajstić information content (AvgIpc) is 2.52. The first kappa shape index (κ1) is 15.1. The molecule has 0 aliphatic heterocycles. The zero-order valence-corrected chi connectivity index (χ0v) is 12.0. The molecule has 0 amide bonds. The van der Waals surface area contributed by atoms with Crippen LogP contribution in [0.3, 0.4) is 0 Å². The van der Waals surface area contributed by atoms with E-state index < -0.39 is 5.97 Å². The largest absolute Gasteiger partial charge is 0.497 e. The Hall–Kier alpha value is -2.33. The fraction of sp³-hybridized carbons (Fsp3) is 0.235. The Morgan fingerprint density at radius 3 is 2.38 bits per heavy atom. The summed E-state index contributed by atoms with van der Waals surface area (Å²) in [5, 5.41) is 12.4. The summed E-state index contributed by atoms with van der Waals surface area (Å²) in [6.45, 7) is 0.608. The molecule has 2 N–H and O–H groups in total. The Morgan fingerprint density at radius 1 is 1.14 bits per heavy atom. The number of rotatable bonds is 7. The van der Waals surface area contributed by atoms with Crippen LogP contribution < -0.4 is 10.1 Å². The van der Waals surface area contributed by atoms with Crippen LogP contribution in [0.2, 0.25) is 0 Å². The number of hydrogen-bond donors (Lipinski definition) is 2. The molecule has 0 bridgehead atoms. The van der Waals surface area contributed by atoms with Gasteiger partial charge in [-0.3, -0.25) is 4.79 Å². The summed E-state index contributed by atoms with van der Waals surface area (Å²) in [6, 6.07) is 17.2. The van der Waals surface area contributed by atoms with Gasteiger partial charge in [0.15, 0.2) is 0 Å². The van der Waals surface area contributed by atoms with E-state index in [0.717, 1.165) is 16.9 Å². The number of aliphatic carboxylic acids is 1. The summed E-state index contributed by atoms with van der Waals surface area (Å²) < 4.78 is 5.12. The normalized spacial score (nSPS) is 11.9. The Kier molecular flexibility index (Phi) is 5.35. The molecule has 0 radical (unpaired) electrons. The van der Waals surface area contributed by atoms with Gasteiger partial charge in [0.25, 0.3) is 0 Å².